The molecule has 0 fully saturated rings. The van der Waals surface area contributed by atoms with Gasteiger partial charge in [-0.25, -0.2) is 0 Å². The van der Waals surface area contributed by atoms with Gasteiger partial charge >= 0.3 is 5.97 Å². The highest BCUT2D eigenvalue weighted by Gasteiger charge is 2.20. The zero-order valence-corrected chi connectivity index (χ0v) is 15.8. The second kappa shape index (κ2) is 10.1. The number of carboxylic acids is 1. The maximum atomic E-state index is 12.3. The zero-order chi connectivity index (χ0) is 20.5. The van der Waals surface area contributed by atoms with Crippen molar-refractivity contribution in [1.29, 1.82) is 0 Å². The molecule has 28 heavy (non-hydrogen) atoms. The van der Waals surface area contributed by atoms with E-state index in [9.17, 15) is 19.5 Å². The predicted octanol–water partition coefficient (Wildman–Crippen LogP) is 3.00. The van der Waals surface area contributed by atoms with Crippen LogP contribution in [0.25, 0.3) is 0 Å². The van der Waals surface area contributed by atoms with E-state index in [-0.39, 0.29) is 25.0 Å². The molecule has 148 valence electrons. The van der Waals surface area contributed by atoms with E-state index in [1.807, 2.05) is 6.07 Å². The summed E-state index contributed by atoms with van der Waals surface area (Å²) in [7, 11) is 2.97. The van der Waals surface area contributed by atoms with Crippen molar-refractivity contribution in [2.24, 2.45) is 0 Å². The van der Waals surface area contributed by atoms with Gasteiger partial charge in [-0.2, -0.15) is 0 Å². The Kier molecular flexibility index (Phi) is 7.56. The normalized spacial score (nSPS) is 11.4. The molecule has 2 aromatic rings. The van der Waals surface area contributed by atoms with Gasteiger partial charge in [-0.05, 0) is 17.7 Å². The number of nitrogens with one attached hydrogen (secondary N) is 1. The van der Waals surface area contributed by atoms with Crippen molar-refractivity contribution in [3.8, 4) is 11.5 Å². The largest absolute Gasteiger partial charge is 0.493 e. The fourth-order valence-corrected chi connectivity index (χ4v) is 2.76. The Bertz CT molecular complexity index is 834. The van der Waals surface area contributed by atoms with Gasteiger partial charge in [0.05, 0.1) is 26.7 Å². The molecule has 7 nitrogen and oxygen atoms in total. The molecule has 0 aliphatic carbocycles. The van der Waals surface area contributed by atoms with E-state index in [0.717, 1.165) is 0 Å². The summed E-state index contributed by atoms with van der Waals surface area (Å²) >= 11 is 0. The molecule has 0 spiro atoms. The number of ketones is 1. The second-order valence-corrected chi connectivity index (χ2v) is 6.12. The summed E-state index contributed by atoms with van der Waals surface area (Å²) in [5, 5.41) is 11.9. The summed E-state index contributed by atoms with van der Waals surface area (Å²) in [6.07, 6.45) is -0.285. The van der Waals surface area contributed by atoms with Crippen molar-refractivity contribution in [3.63, 3.8) is 0 Å². The number of hydrogen-bond donors (Lipinski definition) is 2. The van der Waals surface area contributed by atoms with Crippen molar-refractivity contribution >= 4 is 17.7 Å². The average Bonchev–Trinajstić information content (AvgIpc) is 2.71. The van der Waals surface area contributed by atoms with Crippen LogP contribution in [0.3, 0.4) is 0 Å². The third-order valence-corrected chi connectivity index (χ3v) is 4.20. The van der Waals surface area contributed by atoms with Gasteiger partial charge in [-0.1, -0.05) is 36.4 Å². The number of Topliss-reactive ketones (excluding diaryl/α,β-unsaturated/α-hetero) is 1. The number of methoxy groups -OCH3 is 2. The third kappa shape index (κ3) is 5.84. The van der Waals surface area contributed by atoms with Gasteiger partial charge in [-0.15, -0.1) is 0 Å². The van der Waals surface area contributed by atoms with Crippen LogP contribution < -0.4 is 14.8 Å². The van der Waals surface area contributed by atoms with E-state index in [1.165, 1.54) is 14.2 Å². The monoisotopic (exact) mass is 385 g/mol. The van der Waals surface area contributed by atoms with Crippen molar-refractivity contribution in [2.75, 3.05) is 14.2 Å². The van der Waals surface area contributed by atoms with E-state index >= 15 is 0 Å². The first-order valence-electron chi connectivity index (χ1n) is 8.76. The smallest absolute Gasteiger partial charge is 0.305 e. The number of carbonyl (C=O) groups is 3. The highest BCUT2D eigenvalue weighted by molar-refractivity contribution is 5.97. The van der Waals surface area contributed by atoms with Crippen LogP contribution in [0.1, 0.15) is 41.2 Å². The first-order chi connectivity index (χ1) is 13.4. The minimum absolute atomic E-state index is 0.0306. The van der Waals surface area contributed by atoms with Crippen LogP contribution >= 0.6 is 0 Å². The molecule has 0 radical (unpaired) electrons. The number of amides is 1. The molecule has 7 heteroatoms. The summed E-state index contributed by atoms with van der Waals surface area (Å²) in [5.41, 5.74) is 1.11. The van der Waals surface area contributed by atoms with Gasteiger partial charge in [0.15, 0.2) is 17.3 Å². The Morgan fingerprint density at radius 3 is 2.25 bits per heavy atom. The lowest BCUT2D eigenvalue weighted by atomic mass is 10.0. The van der Waals surface area contributed by atoms with Gasteiger partial charge in [0.1, 0.15) is 0 Å². The third-order valence-electron chi connectivity index (χ3n) is 4.20. The molecule has 0 aromatic heterocycles. The molecule has 0 bridgehead atoms. The molecule has 0 aliphatic heterocycles. The summed E-state index contributed by atoms with van der Waals surface area (Å²) in [5.74, 6) is -0.661. The minimum atomic E-state index is -1.06. The molecular weight excluding hydrogens is 362 g/mol. The maximum absolute atomic E-state index is 12.3. The summed E-state index contributed by atoms with van der Waals surface area (Å²) in [6, 6.07) is 12.9. The Hall–Kier alpha value is -3.35. The molecule has 2 N–H and O–H groups in total. The SMILES string of the molecule is COc1ccc(C(CC(=O)O)NC(=O)CCC(=O)c2ccccc2)cc1OC. The first-order valence-corrected chi connectivity index (χ1v) is 8.76. The summed E-state index contributed by atoms with van der Waals surface area (Å²) in [4.78, 5) is 35.7. The van der Waals surface area contributed by atoms with Crippen LogP contribution in [0, 0.1) is 0 Å². The Balaban J connectivity index is 2.06. The topological polar surface area (TPSA) is 102 Å². The van der Waals surface area contributed by atoms with E-state index < -0.39 is 17.9 Å². The maximum Gasteiger partial charge on any atom is 0.305 e. The minimum Gasteiger partial charge on any atom is -0.493 e. The molecule has 1 unspecified atom stereocenters. The van der Waals surface area contributed by atoms with Gasteiger partial charge in [0.25, 0.3) is 0 Å². The fraction of sp³-hybridized carbons (Fsp3) is 0.286. The van der Waals surface area contributed by atoms with E-state index in [1.54, 1.807) is 42.5 Å². The van der Waals surface area contributed by atoms with Crippen molar-refractivity contribution in [3.05, 3.63) is 59.7 Å². The number of rotatable bonds is 10. The molecule has 1 amide bonds. The van der Waals surface area contributed by atoms with Crippen molar-refractivity contribution in [1.82, 2.24) is 5.32 Å². The Labute approximate surface area is 163 Å². The van der Waals surface area contributed by atoms with Gasteiger partial charge in [0, 0.05) is 18.4 Å². The number of carbonyl (C=O) groups excluding carboxylic acids is 2. The van der Waals surface area contributed by atoms with Gasteiger partial charge in [-0.3, -0.25) is 14.4 Å². The second-order valence-electron chi connectivity index (χ2n) is 6.12. The fourth-order valence-electron chi connectivity index (χ4n) is 2.76. The molecule has 1 atom stereocenters. The predicted molar refractivity (Wildman–Crippen MR) is 103 cm³/mol. The zero-order valence-electron chi connectivity index (χ0n) is 15.8. The molecule has 0 aliphatic rings. The lowest BCUT2D eigenvalue weighted by Crippen LogP contribution is -2.30. The average molecular weight is 385 g/mol. The van der Waals surface area contributed by atoms with Crippen LogP contribution in [-0.2, 0) is 9.59 Å². The Morgan fingerprint density at radius 2 is 1.64 bits per heavy atom. The summed E-state index contributed by atoms with van der Waals surface area (Å²) in [6.45, 7) is 0. The highest BCUT2D eigenvalue weighted by atomic mass is 16.5. The molecule has 2 aromatic carbocycles. The standard InChI is InChI=1S/C21H23NO6/c1-27-18-10-8-15(12-19(18)28-2)16(13-21(25)26)22-20(24)11-9-17(23)14-6-4-3-5-7-14/h3-8,10,12,16H,9,11,13H2,1-2H3,(H,22,24)(H,25,26). The van der Waals surface area contributed by atoms with E-state index in [2.05, 4.69) is 5.32 Å². The van der Waals surface area contributed by atoms with Crippen LogP contribution in [-0.4, -0.2) is 37.0 Å². The van der Waals surface area contributed by atoms with Gasteiger partial charge < -0.3 is 19.9 Å². The number of carboxylic acid groups (broad SMARTS) is 1. The molecular formula is C21H23NO6. The van der Waals surface area contributed by atoms with Crippen LogP contribution in [0.2, 0.25) is 0 Å². The molecule has 0 heterocycles. The number of aliphatic carboxylic acids is 1. The number of hydrogen-bond acceptors (Lipinski definition) is 5. The van der Waals surface area contributed by atoms with Crippen molar-refractivity contribution in [2.45, 2.75) is 25.3 Å². The number of benzene rings is 2. The van der Waals surface area contributed by atoms with E-state index in [4.69, 9.17) is 9.47 Å². The van der Waals surface area contributed by atoms with Crippen molar-refractivity contribution < 1.29 is 29.0 Å². The Morgan fingerprint density at radius 1 is 0.964 bits per heavy atom. The number of ether oxygens (including phenoxy) is 2. The molecule has 0 saturated carbocycles. The summed E-state index contributed by atoms with van der Waals surface area (Å²) < 4.78 is 10.4. The van der Waals surface area contributed by atoms with Crippen LogP contribution in [0.5, 0.6) is 11.5 Å². The highest BCUT2D eigenvalue weighted by Crippen LogP contribution is 2.31. The lowest BCUT2D eigenvalue weighted by molar-refractivity contribution is -0.137. The quantitative estimate of drug-likeness (QED) is 0.610. The van der Waals surface area contributed by atoms with Gasteiger partial charge in [0.2, 0.25) is 5.91 Å². The van der Waals surface area contributed by atoms with Crippen LogP contribution in [0.15, 0.2) is 48.5 Å². The van der Waals surface area contributed by atoms with Crippen LogP contribution in [0.4, 0.5) is 0 Å². The molecule has 2 rings (SSSR count). The molecule has 0 saturated heterocycles. The lowest BCUT2D eigenvalue weighted by Gasteiger charge is -2.19. The van der Waals surface area contributed by atoms with E-state index in [0.29, 0.717) is 22.6 Å². The first kappa shape index (κ1) is 21.0.